The van der Waals surface area contributed by atoms with Gasteiger partial charge in [0.1, 0.15) is 17.2 Å². The third-order valence-corrected chi connectivity index (χ3v) is 3.64. The molecule has 1 aromatic heterocycles. The van der Waals surface area contributed by atoms with Crippen LogP contribution in [0.3, 0.4) is 0 Å². The van der Waals surface area contributed by atoms with Crippen LogP contribution in [0.15, 0.2) is 52.9 Å². The molecule has 1 atom stereocenters. The average Bonchev–Trinajstić information content (AvgIpc) is 2.88. The Kier molecular flexibility index (Phi) is 3.95. The van der Waals surface area contributed by atoms with Crippen LogP contribution in [0.5, 0.6) is 0 Å². The number of nitrogens with one attached hydrogen (secondary N) is 1. The summed E-state index contributed by atoms with van der Waals surface area (Å²) in [6.45, 7) is 2.68. The molecule has 2 aromatic carbocycles. The summed E-state index contributed by atoms with van der Waals surface area (Å²) in [7, 11) is 0. The fourth-order valence-electron chi connectivity index (χ4n) is 2.45. The monoisotopic (exact) mass is 303 g/mol. The zero-order chi connectivity index (χ0) is 14.8. The Morgan fingerprint density at radius 1 is 1.19 bits per heavy atom. The second kappa shape index (κ2) is 5.88. The molecule has 0 saturated heterocycles. The molecule has 3 rings (SSSR count). The maximum absolute atomic E-state index is 14.1. The normalized spacial score (nSPS) is 12.7. The molecule has 0 amide bonds. The Morgan fingerprint density at radius 3 is 2.76 bits per heavy atom. The van der Waals surface area contributed by atoms with Gasteiger partial charge in [-0.3, -0.25) is 0 Å². The topological polar surface area (TPSA) is 25.2 Å². The van der Waals surface area contributed by atoms with Crippen molar-refractivity contribution >= 4 is 22.6 Å². The van der Waals surface area contributed by atoms with E-state index >= 15 is 0 Å². The van der Waals surface area contributed by atoms with Crippen molar-refractivity contribution in [1.29, 1.82) is 0 Å². The third kappa shape index (κ3) is 2.80. The van der Waals surface area contributed by atoms with Crippen LogP contribution < -0.4 is 5.32 Å². The van der Waals surface area contributed by atoms with E-state index in [-0.39, 0.29) is 11.9 Å². The van der Waals surface area contributed by atoms with Gasteiger partial charge in [0.05, 0.1) is 6.04 Å². The lowest BCUT2D eigenvalue weighted by Crippen LogP contribution is -2.22. The number of fused-ring (bicyclic) bond motifs is 1. The van der Waals surface area contributed by atoms with Gasteiger partial charge >= 0.3 is 0 Å². The molecule has 0 fully saturated rings. The second-order valence-corrected chi connectivity index (χ2v) is 5.28. The van der Waals surface area contributed by atoms with E-state index in [1.54, 1.807) is 18.2 Å². The van der Waals surface area contributed by atoms with Crippen molar-refractivity contribution < 1.29 is 8.81 Å². The Labute approximate surface area is 127 Å². The summed E-state index contributed by atoms with van der Waals surface area (Å²) in [5.74, 6) is 0.432. The summed E-state index contributed by atoms with van der Waals surface area (Å²) < 4.78 is 19.9. The molecule has 2 nitrogen and oxygen atoms in total. The van der Waals surface area contributed by atoms with Crippen LogP contribution in [0.25, 0.3) is 11.0 Å². The fourth-order valence-corrected chi connectivity index (χ4v) is 2.63. The highest BCUT2D eigenvalue weighted by atomic mass is 35.5. The molecule has 1 unspecified atom stereocenters. The minimum absolute atomic E-state index is 0.248. The van der Waals surface area contributed by atoms with Gasteiger partial charge in [-0.2, -0.15) is 0 Å². The first-order chi connectivity index (χ1) is 10.2. The summed E-state index contributed by atoms with van der Waals surface area (Å²) in [6.07, 6.45) is 0. The van der Waals surface area contributed by atoms with Crippen LogP contribution in [0.4, 0.5) is 4.39 Å². The smallest absolute Gasteiger partial charge is 0.134 e. The van der Waals surface area contributed by atoms with Crippen molar-refractivity contribution in [1.82, 2.24) is 5.32 Å². The van der Waals surface area contributed by atoms with Gasteiger partial charge in [0.2, 0.25) is 0 Å². The predicted molar refractivity (Wildman–Crippen MR) is 83.1 cm³/mol. The second-order valence-electron chi connectivity index (χ2n) is 4.84. The first-order valence-corrected chi connectivity index (χ1v) is 7.23. The van der Waals surface area contributed by atoms with Gasteiger partial charge in [0, 0.05) is 16.0 Å². The molecule has 0 bridgehead atoms. The van der Waals surface area contributed by atoms with Crippen LogP contribution in [-0.2, 0) is 0 Å². The summed E-state index contributed by atoms with van der Waals surface area (Å²) in [5, 5.41) is 4.83. The first-order valence-electron chi connectivity index (χ1n) is 6.86. The Balaban J connectivity index is 2.09. The van der Waals surface area contributed by atoms with E-state index < -0.39 is 0 Å². The summed E-state index contributed by atoms with van der Waals surface area (Å²) in [6, 6.07) is 13.8. The maximum atomic E-state index is 14.1. The van der Waals surface area contributed by atoms with Crippen LogP contribution in [0.2, 0.25) is 5.02 Å². The molecule has 108 valence electrons. The van der Waals surface area contributed by atoms with Gasteiger partial charge in [-0.1, -0.05) is 36.7 Å². The largest absolute Gasteiger partial charge is 0.459 e. The number of halogens is 2. The van der Waals surface area contributed by atoms with Crippen molar-refractivity contribution in [2.24, 2.45) is 0 Å². The van der Waals surface area contributed by atoms with Gasteiger partial charge in [-0.15, -0.1) is 0 Å². The van der Waals surface area contributed by atoms with Crippen LogP contribution >= 0.6 is 11.6 Å². The molecular weight excluding hydrogens is 289 g/mol. The summed E-state index contributed by atoms with van der Waals surface area (Å²) in [5.41, 5.74) is 1.32. The highest BCUT2D eigenvalue weighted by molar-refractivity contribution is 6.31. The molecule has 3 aromatic rings. The van der Waals surface area contributed by atoms with Crippen molar-refractivity contribution in [2.45, 2.75) is 13.0 Å². The predicted octanol–water partition coefficient (Wildman–Crippen LogP) is 4.92. The third-order valence-electron chi connectivity index (χ3n) is 3.41. The molecule has 0 radical (unpaired) electrons. The van der Waals surface area contributed by atoms with Crippen LogP contribution in [-0.4, -0.2) is 6.54 Å². The first kappa shape index (κ1) is 14.1. The number of hydrogen-bond donors (Lipinski definition) is 1. The van der Waals surface area contributed by atoms with E-state index in [4.69, 9.17) is 16.0 Å². The van der Waals surface area contributed by atoms with E-state index in [2.05, 4.69) is 5.32 Å². The van der Waals surface area contributed by atoms with Crippen molar-refractivity contribution in [3.63, 3.8) is 0 Å². The van der Waals surface area contributed by atoms with E-state index in [0.717, 1.165) is 11.0 Å². The number of furan rings is 1. The molecule has 0 saturated carbocycles. The molecule has 0 aliphatic rings. The molecule has 1 heterocycles. The Hall–Kier alpha value is -1.84. The van der Waals surface area contributed by atoms with E-state index in [0.29, 0.717) is 22.9 Å². The standard InChI is InChI=1S/C17H15ClFNO/c1-2-20-17(13-5-3-4-6-14(13)19)16-10-11-9-12(18)7-8-15(11)21-16/h3-10,17,20H,2H2,1H3. The van der Waals surface area contributed by atoms with Gasteiger partial charge in [-0.05, 0) is 36.9 Å². The SMILES string of the molecule is CCNC(c1cc2cc(Cl)ccc2o1)c1ccccc1F. The van der Waals surface area contributed by atoms with Crippen LogP contribution in [0.1, 0.15) is 24.3 Å². The minimum atomic E-state index is -0.317. The lowest BCUT2D eigenvalue weighted by molar-refractivity contribution is 0.462. The summed E-state index contributed by atoms with van der Waals surface area (Å²) in [4.78, 5) is 0. The van der Waals surface area contributed by atoms with Crippen LogP contribution in [0, 0.1) is 5.82 Å². The number of rotatable bonds is 4. The molecule has 4 heteroatoms. The molecule has 21 heavy (non-hydrogen) atoms. The zero-order valence-electron chi connectivity index (χ0n) is 11.6. The average molecular weight is 304 g/mol. The molecular formula is C17H15ClFNO. The van der Waals surface area contributed by atoms with Gasteiger partial charge in [-0.25, -0.2) is 4.39 Å². The van der Waals surface area contributed by atoms with Crippen molar-refractivity contribution in [3.8, 4) is 0 Å². The highest BCUT2D eigenvalue weighted by Gasteiger charge is 2.20. The Bertz CT molecular complexity index is 768. The van der Waals surface area contributed by atoms with Gasteiger partial charge in [0.15, 0.2) is 0 Å². The fraction of sp³-hybridized carbons (Fsp3) is 0.176. The lowest BCUT2D eigenvalue weighted by Gasteiger charge is -2.16. The summed E-state index contributed by atoms with van der Waals surface area (Å²) >= 11 is 5.99. The minimum Gasteiger partial charge on any atom is -0.459 e. The van der Waals surface area contributed by atoms with E-state index in [9.17, 15) is 4.39 Å². The molecule has 0 aliphatic carbocycles. The molecule has 0 spiro atoms. The molecule has 0 aliphatic heterocycles. The van der Waals surface area contributed by atoms with Crippen molar-refractivity contribution in [2.75, 3.05) is 6.54 Å². The lowest BCUT2D eigenvalue weighted by atomic mass is 10.0. The zero-order valence-corrected chi connectivity index (χ0v) is 12.3. The highest BCUT2D eigenvalue weighted by Crippen LogP contribution is 2.30. The number of benzene rings is 2. The number of hydrogen-bond acceptors (Lipinski definition) is 2. The quantitative estimate of drug-likeness (QED) is 0.739. The van der Waals surface area contributed by atoms with E-state index in [1.165, 1.54) is 6.07 Å². The van der Waals surface area contributed by atoms with Gasteiger partial charge in [0.25, 0.3) is 0 Å². The van der Waals surface area contributed by atoms with E-state index in [1.807, 2.05) is 31.2 Å². The van der Waals surface area contributed by atoms with Gasteiger partial charge < -0.3 is 9.73 Å². The maximum Gasteiger partial charge on any atom is 0.134 e. The molecule has 1 N–H and O–H groups in total. The Morgan fingerprint density at radius 2 is 2.00 bits per heavy atom. The van der Waals surface area contributed by atoms with Crippen molar-refractivity contribution in [3.05, 3.63) is 70.7 Å².